The molecule has 0 amide bonds. The van der Waals surface area contributed by atoms with E-state index in [-0.39, 0.29) is 12.4 Å². The van der Waals surface area contributed by atoms with Crippen LogP contribution in [0.5, 0.6) is 5.75 Å². The van der Waals surface area contributed by atoms with Gasteiger partial charge < -0.3 is 9.84 Å². The molecule has 0 aliphatic rings. The van der Waals surface area contributed by atoms with E-state index >= 15 is 0 Å². The van der Waals surface area contributed by atoms with Crippen LogP contribution in [0.2, 0.25) is 0 Å². The van der Waals surface area contributed by atoms with Gasteiger partial charge in [0.15, 0.2) is 0 Å². The molecule has 1 N–H and O–H groups in total. The molecule has 0 atom stereocenters. The van der Waals surface area contributed by atoms with Crippen LogP contribution in [0.25, 0.3) is 0 Å². The third-order valence-corrected chi connectivity index (χ3v) is 1.95. The van der Waals surface area contributed by atoms with Crippen LogP contribution in [-0.4, -0.2) is 24.2 Å². The van der Waals surface area contributed by atoms with E-state index in [1.807, 2.05) is 0 Å². The molecule has 3 nitrogen and oxygen atoms in total. The minimum absolute atomic E-state index is 0.200. The number of carbonyl (C=O) groups excluding carboxylic acids is 1. The molecule has 0 aliphatic carbocycles. The molecule has 0 saturated carbocycles. The monoisotopic (exact) mass is 234 g/mol. The zero-order valence-electron chi connectivity index (χ0n) is 8.34. The van der Waals surface area contributed by atoms with Crippen LogP contribution < -0.4 is 4.74 Å². The van der Waals surface area contributed by atoms with Crippen LogP contribution in [0.4, 0.5) is 13.2 Å². The summed E-state index contributed by atoms with van der Waals surface area (Å²) in [6.45, 7) is -0.336. The van der Waals surface area contributed by atoms with Gasteiger partial charge in [0, 0.05) is 0 Å². The Bertz CT molecular complexity index is 399. The standard InChI is InChI=1S/C10H9F3O3/c1-16-8-4-6(5-14)2-3-7(8)9(15)10(11,12)13/h2-4,14H,5H2,1H3. The molecule has 1 rings (SSSR count). The first-order valence-electron chi connectivity index (χ1n) is 4.29. The molecule has 0 unspecified atom stereocenters. The van der Waals surface area contributed by atoms with Crippen molar-refractivity contribution in [1.29, 1.82) is 0 Å². The van der Waals surface area contributed by atoms with Gasteiger partial charge in [-0.15, -0.1) is 0 Å². The summed E-state index contributed by atoms with van der Waals surface area (Å²) < 4.78 is 41.2. The third kappa shape index (κ3) is 2.52. The molecular formula is C10H9F3O3. The Hall–Kier alpha value is -1.56. The van der Waals surface area contributed by atoms with Gasteiger partial charge in [0.25, 0.3) is 5.78 Å². The molecule has 1 aromatic rings. The lowest BCUT2D eigenvalue weighted by molar-refractivity contribution is -0.0886. The lowest BCUT2D eigenvalue weighted by atomic mass is 10.1. The predicted molar refractivity (Wildman–Crippen MR) is 49.3 cm³/mol. The number of carbonyl (C=O) groups is 1. The van der Waals surface area contributed by atoms with Crippen LogP contribution in [0, 0.1) is 0 Å². The summed E-state index contributed by atoms with van der Waals surface area (Å²) in [5.74, 6) is -2.16. The molecule has 0 radical (unpaired) electrons. The van der Waals surface area contributed by atoms with Crippen molar-refractivity contribution in [3.8, 4) is 5.75 Å². The van der Waals surface area contributed by atoms with Crippen molar-refractivity contribution in [2.24, 2.45) is 0 Å². The summed E-state index contributed by atoms with van der Waals surface area (Å²) in [7, 11) is 1.16. The fourth-order valence-corrected chi connectivity index (χ4v) is 1.17. The van der Waals surface area contributed by atoms with Gasteiger partial charge in [0.2, 0.25) is 0 Å². The van der Waals surface area contributed by atoms with Crippen molar-refractivity contribution in [3.05, 3.63) is 29.3 Å². The molecule has 0 fully saturated rings. The number of aliphatic hydroxyl groups excluding tert-OH is 1. The molecule has 0 heterocycles. The number of aliphatic hydroxyl groups is 1. The van der Waals surface area contributed by atoms with Gasteiger partial charge in [0.05, 0.1) is 19.3 Å². The minimum Gasteiger partial charge on any atom is -0.496 e. The maximum absolute atomic E-state index is 12.2. The smallest absolute Gasteiger partial charge is 0.455 e. The molecule has 16 heavy (non-hydrogen) atoms. The fourth-order valence-electron chi connectivity index (χ4n) is 1.17. The second kappa shape index (κ2) is 4.52. The summed E-state index contributed by atoms with van der Waals surface area (Å²) in [6.07, 6.45) is -4.94. The predicted octanol–water partition coefficient (Wildman–Crippen LogP) is 1.93. The number of hydrogen-bond acceptors (Lipinski definition) is 3. The Morgan fingerprint density at radius 1 is 1.44 bits per heavy atom. The lowest BCUT2D eigenvalue weighted by Gasteiger charge is -2.10. The number of hydrogen-bond donors (Lipinski definition) is 1. The van der Waals surface area contributed by atoms with Crippen molar-refractivity contribution >= 4 is 5.78 Å². The third-order valence-electron chi connectivity index (χ3n) is 1.95. The minimum atomic E-state index is -4.94. The molecule has 0 spiro atoms. The molecule has 6 heteroatoms. The summed E-state index contributed by atoms with van der Waals surface area (Å²) in [6, 6.07) is 3.42. The van der Waals surface area contributed by atoms with Gasteiger partial charge in [0.1, 0.15) is 5.75 Å². The first-order chi connectivity index (χ1) is 7.40. The fraction of sp³-hybridized carbons (Fsp3) is 0.300. The van der Waals surface area contributed by atoms with E-state index in [2.05, 4.69) is 4.74 Å². The second-order valence-corrected chi connectivity index (χ2v) is 3.02. The molecule has 0 aromatic heterocycles. The van der Waals surface area contributed by atoms with E-state index < -0.39 is 17.5 Å². The van der Waals surface area contributed by atoms with Crippen molar-refractivity contribution in [3.63, 3.8) is 0 Å². The van der Waals surface area contributed by atoms with Crippen molar-refractivity contribution < 1.29 is 27.8 Å². The van der Waals surface area contributed by atoms with Crippen LogP contribution >= 0.6 is 0 Å². The SMILES string of the molecule is COc1cc(CO)ccc1C(=O)C(F)(F)F. The van der Waals surface area contributed by atoms with E-state index in [4.69, 9.17) is 5.11 Å². The molecule has 88 valence electrons. The first kappa shape index (κ1) is 12.5. The number of Topliss-reactive ketones (excluding diaryl/α,β-unsaturated/α-hetero) is 1. The van der Waals surface area contributed by atoms with Crippen LogP contribution in [-0.2, 0) is 6.61 Å². The molecule has 0 saturated heterocycles. The average Bonchev–Trinajstić information content (AvgIpc) is 2.26. The number of halogens is 3. The molecule has 0 aliphatic heterocycles. The Labute approximate surface area is 89.5 Å². The normalized spacial score (nSPS) is 11.3. The second-order valence-electron chi connectivity index (χ2n) is 3.02. The number of alkyl halides is 3. The highest BCUT2D eigenvalue weighted by Gasteiger charge is 2.40. The topological polar surface area (TPSA) is 46.5 Å². The number of benzene rings is 1. The molecule has 1 aromatic carbocycles. The number of ketones is 1. The Balaban J connectivity index is 3.19. The van der Waals surface area contributed by atoms with E-state index in [1.54, 1.807) is 0 Å². The van der Waals surface area contributed by atoms with Crippen LogP contribution in [0.15, 0.2) is 18.2 Å². The Morgan fingerprint density at radius 2 is 2.06 bits per heavy atom. The van der Waals surface area contributed by atoms with Gasteiger partial charge in [-0.2, -0.15) is 13.2 Å². The summed E-state index contributed by atoms with van der Waals surface area (Å²) in [4.78, 5) is 11.0. The van der Waals surface area contributed by atoms with E-state index in [0.717, 1.165) is 13.2 Å². The van der Waals surface area contributed by atoms with Crippen molar-refractivity contribution in [2.45, 2.75) is 12.8 Å². The zero-order chi connectivity index (χ0) is 12.3. The molecular weight excluding hydrogens is 225 g/mol. The number of rotatable bonds is 3. The van der Waals surface area contributed by atoms with Gasteiger partial charge in [-0.25, -0.2) is 0 Å². The largest absolute Gasteiger partial charge is 0.496 e. The maximum atomic E-state index is 12.2. The lowest BCUT2D eigenvalue weighted by Crippen LogP contribution is -2.23. The Morgan fingerprint density at radius 3 is 2.50 bits per heavy atom. The zero-order valence-corrected chi connectivity index (χ0v) is 8.34. The van der Waals surface area contributed by atoms with E-state index in [9.17, 15) is 18.0 Å². The highest BCUT2D eigenvalue weighted by Crippen LogP contribution is 2.28. The quantitative estimate of drug-likeness (QED) is 0.813. The number of methoxy groups -OCH3 is 1. The summed E-state index contributed by atoms with van der Waals surface area (Å²) >= 11 is 0. The van der Waals surface area contributed by atoms with Crippen molar-refractivity contribution in [1.82, 2.24) is 0 Å². The maximum Gasteiger partial charge on any atom is 0.455 e. The van der Waals surface area contributed by atoms with Crippen LogP contribution in [0.1, 0.15) is 15.9 Å². The van der Waals surface area contributed by atoms with Gasteiger partial charge in [-0.1, -0.05) is 6.07 Å². The average molecular weight is 234 g/mol. The number of ether oxygens (including phenoxy) is 1. The van der Waals surface area contributed by atoms with Gasteiger partial charge in [-0.3, -0.25) is 4.79 Å². The van der Waals surface area contributed by atoms with Crippen molar-refractivity contribution in [2.75, 3.05) is 7.11 Å². The molecule has 0 bridgehead atoms. The summed E-state index contributed by atoms with van der Waals surface area (Å²) in [5.41, 5.74) is -0.192. The highest BCUT2D eigenvalue weighted by molar-refractivity contribution is 6.02. The van der Waals surface area contributed by atoms with Gasteiger partial charge >= 0.3 is 6.18 Å². The van der Waals surface area contributed by atoms with E-state index in [0.29, 0.717) is 5.56 Å². The van der Waals surface area contributed by atoms with Gasteiger partial charge in [-0.05, 0) is 17.7 Å². The summed E-state index contributed by atoms with van der Waals surface area (Å²) in [5, 5.41) is 8.78. The van der Waals surface area contributed by atoms with Crippen LogP contribution in [0.3, 0.4) is 0 Å². The van der Waals surface area contributed by atoms with E-state index in [1.165, 1.54) is 12.1 Å². The first-order valence-corrected chi connectivity index (χ1v) is 4.29. The highest BCUT2D eigenvalue weighted by atomic mass is 19.4. The Kier molecular flexibility index (Phi) is 3.54.